The molecule has 0 aliphatic rings. The fraction of sp³-hybridized carbons (Fsp3) is 0.235. The smallest absolute Gasteiger partial charge is 0.323 e. The average molecular weight is 584 g/mol. The van der Waals surface area contributed by atoms with Crippen molar-refractivity contribution < 1.29 is 38.9 Å². The lowest BCUT2D eigenvalue weighted by atomic mass is 10.0. The van der Waals surface area contributed by atoms with Gasteiger partial charge in [0.15, 0.2) is 11.6 Å². The molecule has 222 valence electrons. The molecule has 43 heavy (non-hydrogen) atoms. The van der Waals surface area contributed by atoms with E-state index in [1.807, 2.05) is 54.6 Å². The summed E-state index contributed by atoms with van der Waals surface area (Å²) in [6.45, 7) is 2.18. The zero-order valence-electron chi connectivity index (χ0n) is 23.8. The molecule has 0 unspecified atom stereocenters. The molecule has 1 aromatic heterocycles. The van der Waals surface area contributed by atoms with Crippen LogP contribution in [0.5, 0.6) is 11.5 Å². The van der Waals surface area contributed by atoms with Gasteiger partial charge in [-0.25, -0.2) is 0 Å². The third-order valence-corrected chi connectivity index (χ3v) is 6.77. The molecule has 1 heterocycles. The number of benzene rings is 3. The van der Waals surface area contributed by atoms with Crippen LogP contribution in [-0.4, -0.2) is 51.5 Å². The van der Waals surface area contributed by atoms with Crippen molar-refractivity contribution in [2.24, 2.45) is 0 Å². The minimum absolute atomic E-state index is 0.0299. The second-order valence-corrected chi connectivity index (χ2v) is 9.98. The second-order valence-electron chi connectivity index (χ2n) is 9.98. The SMILES string of the molecule is CC(=O)c1ccccc1OCCCCOc1ccc(C=Cc2cccc3c(C(=O)CCC(=O)O)cn(CC(=O)O)c23)cc1. The van der Waals surface area contributed by atoms with Gasteiger partial charge in [-0.2, -0.15) is 0 Å². The van der Waals surface area contributed by atoms with Gasteiger partial charge < -0.3 is 24.3 Å². The Bertz CT molecular complexity index is 1650. The number of carbonyl (C=O) groups excluding carboxylic acids is 2. The van der Waals surface area contributed by atoms with E-state index in [0.717, 1.165) is 29.7 Å². The number of hydrogen-bond acceptors (Lipinski definition) is 6. The summed E-state index contributed by atoms with van der Waals surface area (Å²) in [4.78, 5) is 46.9. The van der Waals surface area contributed by atoms with Crippen LogP contribution < -0.4 is 9.47 Å². The molecule has 3 aromatic carbocycles. The van der Waals surface area contributed by atoms with Crippen molar-refractivity contribution in [2.45, 2.75) is 39.2 Å². The van der Waals surface area contributed by atoms with Gasteiger partial charge in [0.25, 0.3) is 0 Å². The predicted octanol–water partition coefficient (Wildman–Crippen LogP) is 6.38. The lowest BCUT2D eigenvalue weighted by molar-refractivity contribution is -0.138. The van der Waals surface area contributed by atoms with Crippen LogP contribution in [0.1, 0.15) is 64.4 Å². The molecule has 0 bridgehead atoms. The normalized spacial score (nSPS) is 11.1. The Morgan fingerprint density at radius 3 is 2.19 bits per heavy atom. The molecule has 0 amide bonds. The molecule has 0 atom stereocenters. The third-order valence-electron chi connectivity index (χ3n) is 6.77. The van der Waals surface area contributed by atoms with Gasteiger partial charge in [0, 0.05) is 23.6 Å². The fourth-order valence-corrected chi connectivity index (χ4v) is 4.69. The molecule has 0 saturated carbocycles. The zero-order valence-corrected chi connectivity index (χ0v) is 23.8. The molecular weight excluding hydrogens is 550 g/mol. The second kappa shape index (κ2) is 14.6. The number of carboxylic acids is 2. The van der Waals surface area contributed by atoms with Crippen molar-refractivity contribution >= 4 is 46.6 Å². The highest BCUT2D eigenvalue weighted by Crippen LogP contribution is 2.28. The number of aliphatic carboxylic acids is 2. The number of Topliss-reactive ketones (excluding diaryl/α,β-unsaturated/α-hetero) is 2. The summed E-state index contributed by atoms with van der Waals surface area (Å²) >= 11 is 0. The number of hydrogen-bond donors (Lipinski definition) is 2. The molecule has 0 aliphatic heterocycles. The maximum Gasteiger partial charge on any atom is 0.323 e. The predicted molar refractivity (Wildman–Crippen MR) is 163 cm³/mol. The first-order valence-electron chi connectivity index (χ1n) is 14.0. The number of ketones is 2. The van der Waals surface area contributed by atoms with Gasteiger partial charge in [0.2, 0.25) is 0 Å². The molecule has 4 rings (SSSR count). The van der Waals surface area contributed by atoms with E-state index in [-0.39, 0.29) is 31.0 Å². The van der Waals surface area contributed by atoms with Gasteiger partial charge in [-0.3, -0.25) is 19.2 Å². The number of rotatable bonds is 16. The van der Waals surface area contributed by atoms with E-state index in [4.69, 9.17) is 14.6 Å². The number of aromatic nitrogens is 1. The van der Waals surface area contributed by atoms with Gasteiger partial charge >= 0.3 is 11.9 Å². The summed E-state index contributed by atoms with van der Waals surface area (Å²) in [6, 6.07) is 20.1. The highest BCUT2D eigenvalue weighted by atomic mass is 16.5. The van der Waals surface area contributed by atoms with Gasteiger partial charge in [-0.1, -0.05) is 54.6 Å². The number of carboxylic acid groups (broad SMARTS) is 2. The number of para-hydroxylation sites is 2. The number of fused-ring (bicyclic) bond motifs is 1. The first-order valence-corrected chi connectivity index (χ1v) is 14.0. The Morgan fingerprint density at radius 2 is 1.49 bits per heavy atom. The molecule has 9 heteroatoms. The molecule has 2 N–H and O–H groups in total. The van der Waals surface area contributed by atoms with E-state index >= 15 is 0 Å². The first kappa shape index (κ1) is 30.8. The van der Waals surface area contributed by atoms with Crippen LogP contribution in [-0.2, 0) is 16.1 Å². The van der Waals surface area contributed by atoms with Crippen molar-refractivity contribution in [1.82, 2.24) is 4.57 Å². The Balaban J connectivity index is 1.36. The number of unbranched alkanes of at least 4 members (excludes halogenated alkanes) is 1. The quantitative estimate of drug-likeness (QED) is 0.0882. The Labute approximate surface area is 249 Å². The standard InChI is InChI=1S/C34H33NO8/c1-23(36)27-8-2-3-10-31(27)43-20-5-4-19-42-26-15-12-24(13-16-26)11-14-25-7-6-9-28-29(30(37)17-18-32(38)39)21-35(34(25)28)22-33(40)41/h2-3,6-16,21H,4-5,17-20,22H2,1H3,(H,38,39)(H,40,41). The maximum absolute atomic E-state index is 12.7. The molecular formula is C34H33NO8. The van der Waals surface area contributed by atoms with E-state index in [1.165, 1.54) is 17.7 Å². The Morgan fingerprint density at radius 1 is 0.767 bits per heavy atom. The highest BCUT2D eigenvalue weighted by Gasteiger charge is 2.18. The minimum Gasteiger partial charge on any atom is -0.494 e. The summed E-state index contributed by atoms with van der Waals surface area (Å²) in [5.74, 6) is -1.18. The lowest BCUT2D eigenvalue weighted by Crippen LogP contribution is -2.08. The summed E-state index contributed by atoms with van der Waals surface area (Å²) in [7, 11) is 0. The molecule has 4 aromatic rings. The molecule has 0 spiro atoms. The highest BCUT2D eigenvalue weighted by molar-refractivity contribution is 6.10. The van der Waals surface area contributed by atoms with Crippen molar-refractivity contribution in [3.05, 3.63) is 95.2 Å². The van der Waals surface area contributed by atoms with Crippen LogP contribution in [0.4, 0.5) is 0 Å². The Kier molecular flexibility index (Phi) is 10.5. The molecule has 0 saturated heterocycles. The zero-order chi connectivity index (χ0) is 30.8. The molecule has 0 radical (unpaired) electrons. The van der Waals surface area contributed by atoms with Gasteiger partial charge in [0.1, 0.15) is 18.0 Å². The van der Waals surface area contributed by atoms with Gasteiger partial charge in [0.05, 0.1) is 30.7 Å². The largest absolute Gasteiger partial charge is 0.494 e. The van der Waals surface area contributed by atoms with Crippen LogP contribution >= 0.6 is 0 Å². The first-order chi connectivity index (χ1) is 20.7. The third kappa shape index (κ3) is 8.42. The fourth-order valence-electron chi connectivity index (χ4n) is 4.69. The number of ether oxygens (including phenoxy) is 2. The molecule has 0 fully saturated rings. The molecule has 9 nitrogen and oxygen atoms in total. The maximum atomic E-state index is 12.7. The van der Waals surface area contributed by atoms with E-state index < -0.39 is 11.9 Å². The van der Waals surface area contributed by atoms with Crippen LogP contribution in [0.15, 0.2) is 72.9 Å². The summed E-state index contributed by atoms with van der Waals surface area (Å²) < 4.78 is 13.1. The van der Waals surface area contributed by atoms with E-state index in [9.17, 15) is 24.3 Å². The average Bonchev–Trinajstić information content (AvgIpc) is 3.35. The van der Waals surface area contributed by atoms with E-state index in [2.05, 4.69) is 0 Å². The van der Waals surface area contributed by atoms with Crippen LogP contribution in [0.3, 0.4) is 0 Å². The monoisotopic (exact) mass is 583 g/mol. The summed E-state index contributed by atoms with van der Waals surface area (Å²) in [5.41, 5.74) is 3.10. The van der Waals surface area contributed by atoms with Crippen molar-refractivity contribution in [1.29, 1.82) is 0 Å². The van der Waals surface area contributed by atoms with Gasteiger partial charge in [-0.15, -0.1) is 0 Å². The molecule has 0 aliphatic carbocycles. The lowest BCUT2D eigenvalue weighted by Gasteiger charge is -2.10. The van der Waals surface area contributed by atoms with E-state index in [1.54, 1.807) is 24.3 Å². The number of carbonyl (C=O) groups is 4. The van der Waals surface area contributed by atoms with Crippen LogP contribution in [0.25, 0.3) is 23.1 Å². The van der Waals surface area contributed by atoms with E-state index in [0.29, 0.717) is 41.0 Å². The van der Waals surface area contributed by atoms with Crippen molar-refractivity contribution in [3.63, 3.8) is 0 Å². The van der Waals surface area contributed by atoms with Crippen LogP contribution in [0.2, 0.25) is 0 Å². The van der Waals surface area contributed by atoms with Crippen LogP contribution in [0, 0.1) is 0 Å². The van der Waals surface area contributed by atoms with Crippen molar-refractivity contribution in [3.8, 4) is 11.5 Å². The number of nitrogens with zero attached hydrogens (tertiary/aromatic N) is 1. The van der Waals surface area contributed by atoms with Gasteiger partial charge in [-0.05, 0) is 55.2 Å². The summed E-state index contributed by atoms with van der Waals surface area (Å²) in [6.07, 6.45) is 6.32. The topological polar surface area (TPSA) is 132 Å². The van der Waals surface area contributed by atoms with Crippen molar-refractivity contribution in [2.75, 3.05) is 13.2 Å². The Hall–Kier alpha value is -5.18. The minimum atomic E-state index is -1.07. The summed E-state index contributed by atoms with van der Waals surface area (Å²) in [5, 5.41) is 19.0.